The Morgan fingerprint density at radius 3 is 2.28 bits per heavy atom. The van der Waals surface area contributed by atoms with Gasteiger partial charge in [-0.1, -0.05) is 30.3 Å². The fourth-order valence-electron chi connectivity index (χ4n) is 4.81. The van der Waals surface area contributed by atoms with Crippen molar-refractivity contribution in [2.24, 2.45) is 5.41 Å². The van der Waals surface area contributed by atoms with Crippen LogP contribution < -0.4 is 20.4 Å². The number of urea groups is 1. The van der Waals surface area contributed by atoms with Crippen LogP contribution in [-0.2, 0) is 16.0 Å². The Balaban J connectivity index is 1.62. The highest BCUT2D eigenvalue weighted by molar-refractivity contribution is 6.20. The van der Waals surface area contributed by atoms with E-state index in [1.54, 1.807) is 18.2 Å². The number of nitrogens with one attached hydrogen (secondary N) is 2. The smallest absolute Gasteiger partial charge is 0.328 e. The van der Waals surface area contributed by atoms with Crippen LogP contribution in [0.15, 0.2) is 48.5 Å². The average molecular weight is 394 g/mol. The summed E-state index contributed by atoms with van der Waals surface area (Å²) in [4.78, 5) is 41.7. The Labute approximate surface area is 166 Å². The van der Waals surface area contributed by atoms with E-state index < -0.39 is 29.3 Å². The number of anilines is 2. The molecular formula is C21H19FN4O3. The summed E-state index contributed by atoms with van der Waals surface area (Å²) in [5, 5.41) is 4.54. The number of piperazine rings is 1. The molecule has 2 saturated heterocycles. The molecule has 0 aromatic heterocycles. The SMILES string of the molecule is O=C1NC(=O)C2(Cc3ccccc3N3CCN(c4ccccc4F)C[C@@H]32)C(=O)N1. The highest BCUT2D eigenvalue weighted by Gasteiger charge is 2.60. The summed E-state index contributed by atoms with van der Waals surface area (Å²) in [6.45, 7) is 1.35. The van der Waals surface area contributed by atoms with Gasteiger partial charge in [-0.05, 0) is 30.2 Å². The second-order valence-corrected chi connectivity index (χ2v) is 7.62. The van der Waals surface area contributed by atoms with E-state index in [0.29, 0.717) is 18.8 Å². The lowest BCUT2D eigenvalue weighted by atomic mass is 9.68. The van der Waals surface area contributed by atoms with Gasteiger partial charge >= 0.3 is 6.03 Å². The van der Waals surface area contributed by atoms with E-state index >= 15 is 0 Å². The number of halogens is 1. The molecule has 29 heavy (non-hydrogen) atoms. The van der Waals surface area contributed by atoms with E-state index in [4.69, 9.17) is 0 Å². The minimum Gasteiger partial charge on any atom is -0.365 e. The van der Waals surface area contributed by atoms with Crippen LogP contribution in [0.5, 0.6) is 0 Å². The van der Waals surface area contributed by atoms with E-state index in [1.807, 2.05) is 34.1 Å². The molecule has 3 heterocycles. The van der Waals surface area contributed by atoms with E-state index in [1.165, 1.54) is 6.07 Å². The molecule has 0 bridgehead atoms. The average Bonchev–Trinajstić information content (AvgIpc) is 2.72. The predicted molar refractivity (Wildman–Crippen MR) is 104 cm³/mol. The van der Waals surface area contributed by atoms with Crippen LogP contribution in [0.4, 0.5) is 20.6 Å². The molecule has 0 saturated carbocycles. The lowest BCUT2D eigenvalue weighted by Crippen LogP contribution is -2.74. The Bertz CT molecular complexity index is 1020. The number of nitrogens with zero attached hydrogens (tertiary/aromatic N) is 2. The van der Waals surface area contributed by atoms with Gasteiger partial charge in [-0.3, -0.25) is 20.2 Å². The van der Waals surface area contributed by atoms with E-state index in [9.17, 15) is 18.8 Å². The molecule has 0 aliphatic carbocycles. The molecule has 2 fully saturated rings. The third-order valence-electron chi connectivity index (χ3n) is 6.18. The van der Waals surface area contributed by atoms with E-state index in [2.05, 4.69) is 10.6 Å². The van der Waals surface area contributed by atoms with Crippen LogP contribution in [0, 0.1) is 11.2 Å². The van der Waals surface area contributed by atoms with Gasteiger partial charge in [-0.2, -0.15) is 0 Å². The van der Waals surface area contributed by atoms with Crippen LogP contribution in [0.3, 0.4) is 0 Å². The highest BCUT2D eigenvalue weighted by atomic mass is 19.1. The fraction of sp³-hybridized carbons (Fsp3) is 0.286. The molecule has 1 atom stereocenters. The van der Waals surface area contributed by atoms with Crippen molar-refractivity contribution in [3.63, 3.8) is 0 Å². The summed E-state index contributed by atoms with van der Waals surface area (Å²) in [5.41, 5.74) is 0.817. The van der Waals surface area contributed by atoms with Gasteiger partial charge in [-0.15, -0.1) is 0 Å². The zero-order valence-corrected chi connectivity index (χ0v) is 15.5. The second kappa shape index (κ2) is 6.30. The van der Waals surface area contributed by atoms with Crippen molar-refractivity contribution in [3.05, 3.63) is 59.9 Å². The zero-order valence-electron chi connectivity index (χ0n) is 15.5. The van der Waals surface area contributed by atoms with E-state index in [-0.39, 0.29) is 18.8 Å². The summed E-state index contributed by atoms with van der Waals surface area (Å²) in [6.07, 6.45) is 0.181. The maximum absolute atomic E-state index is 14.4. The van der Waals surface area contributed by atoms with Crippen molar-refractivity contribution in [2.45, 2.75) is 12.5 Å². The summed E-state index contributed by atoms with van der Waals surface area (Å²) in [7, 11) is 0. The van der Waals surface area contributed by atoms with Crippen molar-refractivity contribution in [3.8, 4) is 0 Å². The standard InChI is InChI=1S/C21H19FN4O3/c22-14-6-2-4-8-16(14)25-9-10-26-15-7-3-1-5-13(15)11-21(17(26)12-25)18(27)23-20(29)24-19(21)28/h1-8,17H,9-12H2,(H2,23,24,27,28,29)/t17-/m1/s1. The number of barbiturate groups is 1. The molecule has 0 radical (unpaired) electrons. The molecule has 2 N–H and O–H groups in total. The molecule has 8 heteroatoms. The topological polar surface area (TPSA) is 81.8 Å². The molecule has 148 valence electrons. The largest absolute Gasteiger partial charge is 0.365 e. The van der Waals surface area contributed by atoms with Crippen molar-refractivity contribution < 1.29 is 18.8 Å². The Kier molecular flexibility index (Phi) is 3.84. The minimum atomic E-state index is -1.47. The molecule has 2 aromatic rings. The van der Waals surface area contributed by atoms with Gasteiger partial charge in [0.25, 0.3) is 0 Å². The number of amides is 4. The molecule has 4 amide bonds. The number of rotatable bonds is 1. The van der Waals surface area contributed by atoms with Crippen molar-refractivity contribution >= 4 is 29.2 Å². The Morgan fingerprint density at radius 2 is 1.55 bits per heavy atom. The number of hydrogen-bond acceptors (Lipinski definition) is 5. The Morgan fingerprint density at radius 1 is 0.897 bits per heavy atom. The predicted octanol–water partition coefficient (Wildman–Crippen LogP) is 1.43. The molecule has 3 aliphatic rings. The van der Waals surface area contributed by atoms with Crippen molar-refractivity contribution in [2.75, 3.05) is 29.4 Å². The summed E-state index contributed by atoms with van der Waals surface area (Å²) in [5.74, 6) is -1.56. The summed E-state index contributed by atoms with van der Waals surface area (Å²) in [6, 6.07) is 12.8. The van der Waals surface area contributed by atoms with Crippen molar-refractivity contribution in [1.29, 1.82) is 0 Å². The third kappa shape index (κ3) is 2.52. The number of para-hydroxylation sites is 2. The molecule has 5 rings (SSSR count). The van der Waals surface area contributed by atoms with Gasteiger partial charge in [0.1, 0.15) is 5.82 Å². The molecular weight excluding hydrogens is 375 g/mol. The summed E-state index contributed by atoms with van der Waals surface area (Å²) < 4.78 is 14.4. The molecule has 7 nitrogen and oxygen atoms in total. The van der Waals surface area contributed by atoms with E-state index in [0.717, 1.165) is 11.3 Å². The zero-order chi connectivity index (χ0) is 20.2. The third-order valence-corrected chi connectivity index (χ3v) is 6.18. The van der Waals surface area contributed by atoms with Crippen LogP contribution in [0.2, 0.25) is 0 Å². The maximum atomic E-state index is 14.4. The second-order valence-electron chi connectivity index (χ2n) is 7.62. The first-order chi connectivity index (χ1) is 14.0. The lowest BCUT2D eigenvalue weighted by Gasteiger charge is -2.54. The van der Waals surface area contributed by atoms with Gasteiger partial charge in [0.2, 0.25) is 11.8 Å². The first kappa shape index (κ1) is 17.7. The van der Waals surface area contributed by atoms with Gasteiger partial charge in [0.15, 0.2) is 5.41 Å². The first-order valence-corrected chi connectivity index (χ1v) is 9.51. The molecule has 1 spiro atoms. The Hall–Kier alpha value is -3.42. The highest BCUT2D eigenvalue weighted by Crippen LogP contribution is 2.44. The lowest BCUT2D eigenvalue weighted by molar-refractivity contribution is -0.146. The number of imide groups is 2. The van der Waals surface area contributed by atoms with Crippen LogP contribution >= 0.6 is 0 Å². The maximum Gasteiger partial charge on any atom is 0.328 e. The number of benzene rings is 2. The first-order valence-electron chi connectivity index (χ1n) is 9.51. The number of carbonyl (C=O) groups is 3. The van der Waals surface area contributed by atoms with Crippen LogP contribution in [-0.4, -0.2) is 43.5 Å². The number of carbonyl (C=O) groups excluding carboxylic acids is 3. The quantitative estimate of drug-likeness (QED) is 0.716. The van der Waals surface area contributed by atoms with Gasteiger partial charge in [0.05, 0.1) is 11.7 Å². The van der Waals surface area contributed by atoms with Crippen molar-refractivity contribution in [1.82, 2.24) is 10.6 Å². The molecule has 3 aliphatic heterocycles. The number of fused-ring (bicyclic) bond motifs is 4. The van der Waals surface area contributed by atoms with Gasteiger partial charge < -0.3 is 9.80 Å². The molecule has 2 aromatic carbocycles. The summed E-state index contributed by atoms with van der Waals surface area (Å²) >= 11 is 0. The van der Waals surface area contributed by atoms with Gasteiger partial charge in [-0.25, -0.2) is 9.18 Å². The van der Waals surface area contributed by atoms with Crippen LogP contribution in [0.1, 0.15) is 5.56 Å². The molecule has 0 unspecified atom stereocenters. The number of hydrogen-bond donors (Lipinski definition) is 2. The van der Waals surface area contributed by atoms with Gasteiger partial charge in [0, 0.05) is 25.3 Å². The monoisotopic (exact) mass is 394 g/mol. The van der Waals surface area contributed by atoms with Crippen LogP contribution in [0.25, 0.3) is 0 Å². The minimum absolute atomic E-state index is 0.181. The fourth-order valence-corrected chi connectivity index (χ4v) is 4.81. The normalized spacial score (nSPS) is 22.7.